The van der Waals surface area contributed by atoms with Crippen LogP contribution in [0.5, 0.6) is 0 Å². The zero-order valence-electron chi connectivity index (χ0n) is 17.1. The molecule has 26 heavy (non-hydrogen) atoms. The maximum Gasteiger partial charge on any atom is 0.407 e. The molecule has 2 atom stereocenters. The van der Waals surface area contributed by atoms with Gasteiger partial charge in [0.25, 0.3) is 0 Å². The van der Waals surface area contributed by atoms with E-state index < -0.39 is 5.60 Å². The van der Waals surface area contributed by atoms with Crippen molar-refractivity contribution in [1.82, 2.24) is 10.6 Å². The molecule has 0 spiro atoms. The molecule has 0 saturated carbocycles. The summed E-state index contributed by atoms with van der Waals surface area (Å²) in [6, 6.07) is 9.85. The van der Waals surface area contributed by atoms with E-state index in [1.54, 1.807) is 6.92 Å². The molecule has 6 nitrogen and oxygen atoms in total. The molecule has 1 aromatic rings. The Morgan fingerprint density at radius 3 is 2.15 bits per heavy atom. The lowest BCUT2D eigenvalue weighted by atomic mass is 10.2. The van der Waals surface area contributed by atoms with Crippen molar-refractivity contribution in [3.63, 3.8) is 0 Å². The number of amides is 1. The summed E-state index contributed by atoms with van der Waals surface area (Å²) in [6.07, 6.45) is 0.580. The molecule has 0 saturated heterocycles. The minimum absolute atomic E-state index is 0.180. The molecule has 0 unspecified atom stereocenters. The Hall–Kier alpha value is -2.08. The molecular formula is C20H34N2O4. The van der Waals surface area contributed by atoms with Gasteiger partial charge in [0.1, 0.15) is 11.6 Å². The molecule has 0 aliphatic rings. The van der Waals surface area contributed by atoms with E-state index in [1.165, 1.54) is 7.11 Å². The first kappa shape index (κ1) is 23.9. The van der Waals surface area contributed by atoms with E-state index in [0.717, 1.165) is 12.0 Å². The number of ether oxygens (including phenoxy) is 2. The van der Waals surface area contributed by atoms with Crippen LogP contribution >= 0.6 is 0 Å². The molecular weight excluding hydrogens is 332 g/mol. The number of carbonyl (C=O) groups excluding carboxylic acids is 2. The molecule has 1 rings (SSSR count). The maximum absolute atomic E-state index is 11.1. The van der Waals surface area contributed by atoms with Crippen LogP contribution in [0.15, 0.2) is 30.3 Å². The van der Waals surface area contributed by atoms with Gasteiger partial charge in [0.15, 0.2) is 0 Å². The monoisotopic (exact) mass is 366 g/mol. The van der Waals surface area contributed by atoms with E-state index in [1.807, 2.05) is 65.0 Å². The van der Waals surface area contributed by atoms with Crippen molar-refractivity contribution >= 4 is 12.1 Å². The third-order valence-electron chi connectivity index (χ3n) is 3.39. The summed E-state index contributed by atoms with van der Waals surface area (Å²) < 4.78 is 9.66. The van der Waals surface area contributed by atoms with Crippen molar-refractivity contribution in [2.75, 3.05) is 7.11 Å². The van der Waals surface area contributed by atoms with Gasteiger partial charge in [0.2, 0.25) is 0 Å². The Kier molecular flexibility index (Phi) is 11.3. The van der Waals surface area contributed by atoms with E-state index in [2.05, 4.69) is 15.4 Å². The lowest BCUT2D eigenvalue weighted by molar-refractivity contribution is -0.142. The van der Waals surface area contributed by atoms with Gasteiger partial charge in [0.05, 0.1) is 7.11 Å². The first-order valence-corrected chi connectivity index (χ1v) is 8.93. The van der Waals surface area contributed by atoms with Gasteiger partial charge in [-0.15, -0.1) is 0 Å². The molecule has 0 fully saturated rings. The number of alkyl carbamates (subject to hydrolysis) is 1. The molecule has 0 aromatic heterocycles. The van der Waals surface area contributed by atoms with Crippen LogP contribution in [0, 0.1) is 0 Å². The molecule has 0 bridgehead atoms. The van der Waals surface area contributed by atoms with Crippen LogP contribution in [0.1, 0.15) is 53.5 Å². The van der Waals surface area contributed by atoms with E-state index in [-0.39, 0.29) is 24.1 Å². The summed E-state index contributed by atoms with van der Waals surface area (Å²) in [5.41, 5.74) is 0.751. The summed E-state index contributed by atoms with van der Waals surface area (Å²) >= 11 is 0. The molecule has 1 aromatic carbocycles. The fourth-order valence-electron chi connectivity index (χ4n) is 1.74. The topological polar surface area (TPSA) is 76.7 Å². The maximum atomic E-state index is 11.1. The third kappa shape index (κ3) is 12.3. The van der Waals surface area contributed by atoms with Crippen molar-refractivity contribution in [3.8, 4) is 0 Å². The zero-order valence-corrected chi connectivity index (χ0v) is 17.1. The van der Waals surface area contributed by atoms with Crippen molar-refractivity contribution < 1.29 is 19.1 Å². The Morgan fingerprint density at radius 2 is 1.69 bits per heavy atom. The number of benzene rings is 1. The highest BCUT2D eigenvalue weighted by Crippen LogP contribution is 2.06. The van der Waals surface area contributed by atoms with Gasteiger partial charge >= 0.3 is 12.1 Å². The highest BCUT2D eigenvalue weighted by molar-refractivity contribution is 5.75. The van der Waals surface area contributed by atoms with Gasteiger partial charge in [-0.05, 0) is 46.6 Å². The molecule has 0 heterocycles. The van der Waals surface area contributed by atoms with Gasteiger partial charge in [-0.3, -0.25) is 4.79 Å². The SMILES string of the molecule is CC[C@@H](C)NC(=O)OC(C)(C)C.COC(=O)[C@@H](C)NCc1ccccc1. The molecule has 148 valence electrons. The molecule has 1 amide bonds. The molecule has 0 radical (unpaired) electrons. The van der Waals surface area contributed by atoms with Crippen LogP contribution in [0.2, 0.25) is 0 Å². The van der Waals surface area contributed by atoms with Crippen molar-refractivity contribution in [3.05, 3.63) is 35.9 Å². The Bertz CT molecular complexity index is 526. The average Bonchev–Trinajstić information content (AvgIpc) is 2.58. The number of hydrogen-bond donors (Lipinski definition) is 2. The highest BCUT2D eigenvalue weighted by Gasteiger charge is 2.16. The van der Waals surface area contributed by atoms with Crippen molar-refractivity contribution in [2.24, 2.45) is 0 Å². The molecule has 0 aliphatic carbocycles. The summed E-state index contributed by atoms with van der Waals surface area (Å²) in [4.78, 5) is 22.1. The minimum atomic E-state index is -0.405. The van der Waals surface area contributed by atoms with Gasteiger partial charge in [-0.25, -0.2) is 4.79 Å². The second-order valence-electron chi connectivity index (χ2n) is 7.07. The smallest absolute Gasteiger partial charge is 0.407 e. The lowest BCUT2D eigenvalue weighted by Crippen LogP contribution is -2.37. The van der Waals surface area contributed by atoms with Crippen molar-refractivity contribution in [2.45, 2.75) is 72.2 Å². The molecule has 6 heteroatoms. The quantitative estimate of drug-likeness (QED) is 0.752. The summed E-state index contributed by atoms with van der Waals surface area (Å²) in [6.45, 7) is 12.0. The van der Waals surface area contributed by atoms with E-state index in [9.17, 15) is 9.59 Å². The van der Waals surface area contributed by atoms with Gasteiger partial charge < -0.3 is 20.1 Å². The van der Waals surface area contributed by atoms with Crippen molar-refractivity contribution in [1.29, 1.82) is 0 Å². The summed E-state index contributed by atoms with van der Waals surface area (Å²) in [5.74, 6) is -0.235. The largest absolute Gasteiger partial charge is 0.468 e. The van der Waals surface area contributed by atoms with Crippen LogP contribution in [0.25, 0.3) is 0 Å². The summed E-state index contributed by atoms with van der Waals surface area (Å²) in [5, 5.41) is 5.80. The first-order valence-electron chi connectivity index (χ1n) is 8.93. The lowest BCUT2D eigenvalue weighted by Gasteiger charge is -2.21. The summed E-state index contributed by atoms with van der Waals surface area (Å²) in [7, 11) is 1.39. The second-order valence-corrected chi connectivity index (χ2v) is 7.07. The van der Waals surface area contributed by atoms with Gasteiger partial charge in [-0.2, -0.15) is 0 Å². The highest BCUT2D eigenvalue weighted by atomic mass is 16.6. The van der Waals surface area contributed by atoms with Gasteiger partial charge in [-0.1, -0.05) is 37.3 Å². The molecule has 2 N–H and O–H groups in total. The first-order chi connectivity index (χ1) is 12.1. The number of rotatable bonds is 6. The predicted molar refractivity (Wildman–Crippen MR) is 104 cm³/mol. The fourth-order valence-corrected chi connectivity index (χ4v) is 1.74. The number of esters is 1. The predicted octanol–water partition coefficient (Wildman–Crippen LogP) is 3.65. The van der Waals surface area contributed by atoms with Crippen LogP contribution in [0.3, 0.4) is 0 Å². The zero-order chi connectivity index (χ0) is 20.2. The fraction of sp³-hybridized carbons (Fsp3) is 0.600. The van der Waals surface area contributed by atoms with Crippen LogP contribution in [0.4, 0.5) is 4.79 Å². The molecule has 0 aliphatic heterocycles. The minimum Gasteiger partial charge on any atom is -0.468 e. The second kappa shape index (κ2) is 12.3. The number of methoxy groups -OCH3 is 1. The Labute approximate surface area is 157 Å². The van der Waals surface area contributed by atoms with Crippen LogP contribution in [-0.4, -0.2) is 36.9 Å². The number of nitrogens with one attached hydrogen (secondary N) is 2. The Morgan fingerprint density at radius 1 is 1.12 bits per heavy atom. The average molecular weight is 367 g/mol. The van der Waals surface area contributed by atoms with Gasteiger partial charge in [0, 0.05) is 12.6 Å². The number of carbonyl (C=O) groups is 2. The number of hydrogen-bond acceptors (Lipinski definition) is 5. The van der Waals surface area contributed by atoms with E-state index in [4.69, 9.17) is 4.74 Å². The van der Waals surface area contributed by atoms with Crippen LogP contribution in [-0.2, 0) is 20.8 Å². The normalized spacial score (nSPS) is 12.9. The van der Waals surface area contributed by atoms with E-state index in [0.29, 0.717) is 6.54 Å². The standard InChI is InChI=1S/C11H15NO2.C9H19NO2/c1-9(11(13)14-2)12-8-10-6-4-3-5-7-10;1-6-7(2)10-8(11)12-9(3,4)5/h3-7,9,12H,8H2,1-2H3;7H,6H2,1-5H3,(H,10,11)/t9-;7-/m11/s1. The third-order valence-corrected chi connectivity index (χ3v) is 3.39. The Balaban J connectivity index is 0.000000488. The van der Waals surface area contributed by atoms with Crippen LogP contribution < -0.4 is 10.6 Å². The van der Waals surface area contributed by atoms with E-state index >= 15 is 0 Å².